The van der Waals surface area contributed by atoms with E-state index in [1.807, 2.05) is 13.8 Å². The fourth-order valence-corrected chi connectivity index (χ4v) is 4.63. The van der Waals surface area contributed by atoms with Crippen LogP contribution in [0.2, 0.25) is 0 Å². The largest absolute Gasteiger partial charge is 0.762 e. The van der Waals surface area contributed by atoms with Crippen molar-refractivity contribution in [2.75, 3.05) is 52.9 Å². The van der Waals surface area contributed by atoms with Gasteiger partial charge in [-0.15, -0.1) is 6.58 Å². The number of aliphatic hydroxyl groups is 1. The summed E-state index contributed by atoms with van der Waals surface area (Å²) in [5, 5.41) is 8.46. The first-order valence-corrected chi connectivity index (χ1v) is 20.0. The zero-order chi connectivity index (χ0) is 38.3. The van der Waals surface area contributed by atoms with Gasteiger partial charge in [0.15, 0.2) is 0 Å². The van der Waals surface area contributed by atoms with E-state index in [1.165, 1.54) is 121 Å². The van der Waals surface area contributed by atoms with Gasteiger partial charge in [-0.2, -0.15) is 0 Å². The third-order valence-corrected chi connectivity index (χ3v) is 7.18. The smallest absolute Gasteiger partial charge is 0.394 e. The van der Waals surface area contributed by atoms with Gasteiger partial charge in [-0.25, -0.2) is 0 Å². The molecule has 0 aromatic rings. The quantitative estimate of drug-likeness (QED) is 0.0453. The average Bonchev–Trinajstić information content (AvgIpc) is 3.03. The van der Waals surface area contributed by atoms with Crippen LogP contribution in [0.1, 0.15) is 198 Å². The molecule has 0 heterocycles. The summed E-state index contributed by atoms with van der Waals surface area (Å²) >= 11 is 0. The molecular formula is C41H90BF3O5. The van der Waals surface area contributed by atoms with Gasteiger partial charge in [0.1, 0.15) is 0 Å². The molecule has 0 saturated heterocycles. The molecule has 0 rings (SSSR count). The molecular weight excluding hydrogens is 640 g/mol. The van der Waals surface area contributed by atoms with Crippen LogP contribution in [-0.4, -0.2) is 71.1 Å². The Labute approximate surface area is 312 Å². The van der Waals surface area contributed by atoms with Crippen LogP contribution in [-0.2, 0) is 18.9 Å². The summed E-state index contributed by atoms with van der Waals surface area (Å²) in [5.74, 6) is 0. The Morgan fingerprint density at radius 3 is 1.22 bits per heavy atom. The number of hydrogen-bond donors (Lipinski definition) is 1. The molecule has 0 unspecified atom stereocenters. The van der Waals surface area contributed by atoms with Crippen LogP contribution >= 0.6 is 0 Å². The minimum absolute atomic E-state index is 0. The molecule has 0 saturated carbocycles. The van der Waals surface area contributed by atoms with Gasteiger partial charge in [0, 0.05) is 26.4 Å². The van der Waals surface area contributed by atoms with E-state index >= 15 is 0 Å². The zero-order valence-electron chi connectivity index (χ0n) is 34.3. The molecule has 308 valence electrons. The fourth-order valence-electron chi connectivity index (χ4n) is 4.63. The highest BCUT2D eigenvalue weighted by molar-refractivity contribution is 6.33. The van der Waals surface area contributed by atoms with Crippen molar-refractivity contribution in [3.05, 3.63) is 12.2 Å². The molecule has 0 amide bonds. The van der Waals surface area contributed by atoms with Gasteiger partial charge in [-0.3, -0.25) is 12.9 Å². The van der Waals surface area contributed by atoms with E-state index in [0.717, 1.165) is 52.5 Å². The normalized spacial score (nSPS) is 10.2. The molecule has 50 heavy (non-hydrogen) atoms. The van der Waals surface area contributed by atoms with Crippen molar-refractivity contribution in [3.63, 3.8) is 0 Å². The van der Waals surface area contributed by atoms with Gasteiger partial charge in [0.05, 0.1) is 32.0 Å². The first-order chi connectivity index (χ1) is 23.5. The highest BCUT2D eigenvalue weighted by Gasteiger charge is 2.16. The lowest BCUT2D eigenvalue weighted by molar-refractivity contribution is -0.0507. The third kappa shape index (κ3) is 86.2. The maximum absolute atomic E-state index is 9.67. The van der Waals surface area contributed by atoms with Crippen LogP contribution in [0.5, 0.6) is 0 Å². The minimum Gasteiger partial charge on any atom is -0.394 e. The summed E-state index contributed by atoms with van der Waals surface area (Å²) in [7, 11) is -3.67. The number of rotatable bonds is 30. The highest BCUT2D eigenvalue weighted by atomic mass is 19.4. The number of hydrogen-bond acceptors (Lipinski definition) is 5. The van der Waals surface area contributed by atoms with Crippen molar-refractivity contribution in [3.8, 4) is 0 Å². The molecule has 0 aliphatic heterocycles. The summed E-state index contributed by atoms with van der Waals surface area (Å²) in [5.41, 5.74) is 1.30. The van der Waals surface area contributed by atoms with E-state index in [4.69, 9.17) is 24.1 Å². The molecule has 1 N–H and O–H groups in total. The highest BCUT2D eigenvalue weighted by Crippen LogP contribution is 2.16. The van der Waals surface area contributed by atoms with Gasteiger partial charge in [0.25, 0.3) is 0 Å². The maximum atomic E-state index is 9.67. The molecule has 0 aliphatic rings. The molecule has 0 aromatic heterocycles. The lowest BCUT2D eigenvalue weighted by Crippen LogP contribution is -2.26. The van der Waals surface area contributed by atoms with E-state index in [-0.39, 0.29) is 19.6 Å². The van der Waals surface area contributed by atoms with Gasteiger partial charge in [-0.1, -0.05) is 143 Å². The number of aliphatic hydroxyl groups excluding tert-OH is 1. The average molecular weight is 731 g/mol. The fraction of sp³-hybridized carbons (Fsp3) is 0.951. The van der Waals surface area contributed by atoms with Crippen LogP contribution in [0.4, 0.5) is 12.9 Å². The Bertz CT molecular complexity index is 542. The standard InChI is InChI=1S/C18H38O2.C12H26O2.C6H12.C4H10O.CH4.BF3/c1-5-7-8-9-10-11-12-13-15-19-16-17-20-18(3,4)14-6-2;1-2-3-4-5-6-7-8-9-11-14-12-10-13;1-4-5-6(2)3;1-3-5-4-2;;2-1(3)4/h5-17H2,1-4H3;13H,2-12H2,1H3;2,4-5H2,1,3H3;3-4H2,1-2H3;1H4;. The van der Waals surface area contributed by atoms with E-state index < -0.39 is 7.54 Å². The van der Waals surface area contributed by atoms with E-state index in [1.54, 1.807) is 0 Å². The SMILES string of the molecule is C.C=C(C)CCC.CCCCCCCCCCOCCO.CCCCCCCCCCOCCOC(C)(C)CCC.CCOCC.FB(F)F. The topological polar surface area (TPSA) is 57.2 Å². The van der Waals surface area contributed by atoms with Crippen molar-refractivity contribution < 1.29 is 37.0 Å². The predicted octanol–water partition coefficient (Wildman–Crippen LogP) is 13.8. The van der Waals surface area contributed by atoms with Gasteiger partial charge >= 0.3 is 7.54 Å². The second kappa shape index (κ2) is 57.7. The molecule has 0 aliphatic carbocycles. The molecule has 0 radical (unpaired) electrons. The Balaban J connectivity index is -0.000000139. The number of halogens is 3. The van der Waals surface area contributed by atoms with Crippen LogP contribution < -0.4 is 0 Å². The molecule has 0 spiro atoms. The summed E-state index contributed by atoms with van der Waals surface area (Å²) in [6.45, 7) is 28.5. The lowest BCUT2D eigenvalue weighted by Gasteiger charge is -2.24. The molecule has 0 aromatic carbocycles. The van der Waals surface area contributed by atoms with Crippen LogP contribution in [0.25, 0.3) is 0 Å². The summed E-state index contributed by atoms with van der Waals surface area (Å²) in [6, 6.07) is 0. The first kappa shape index (κ1) is 61.4. The lowest BCUT2D eigenvalue weighted by atomic mass is 10.0. The number of ether oxygens (including phenoxy) is 4. The molecule has 9 heteroatoms. The van der Waals surface area contributed by atoms with Crippen molar-refractivity contribution in [2.45, 2.75) is 204 Å². The monoisotopic (exact) mass is 731 g/mol. The summed E-state index contributed by atoms with van der Waals surface area (Å²) in [4.78, 5) is 0. The Morgan fingerprint density at radius 1 is 0.560 bits per heavy atom. The van der Waals surface area contributed by atoms with Crippen LogP contribution in [0.3, 0.4) is 0 Å². The van der Waals surface area contributed by atoms with Crippen molar-refractivity contribution in [1.82, 2.24) is 0 Å². The summed E-state index contributed by atoms with van der Waals surface area (Å²) < 4.78 is 50.5. The Kier molecular flexibility index (Phi) is 70.9. The van der Waals surface area contributed by atoms with Crippen LogP contribution in [0, 0.1) is 0 Å². The maximum Gasteiger partial charge on any atom is 0.762 e. The number of allylic oxidation sites excluding steroid dienone is 1. The van der Waals surface area contributed by atoms with E-state index in [0.29, 0.717) is 6.61 Å². The van der Waals surface area contributed by atoms with Gasteiger partial charge in [0.2, 0.25) is 0 Å². The van der Waals surface area contributed by atoms with Gasteiger partial charge < -0.3 is 24.1 Å². The van der Waals surface area contributed by atoms with Crippen LogP contribution in [0.15, 0.2) is 12.2 Å². The zero-order valence-corrected chi connectivity index (χ0v) is 34.3. The summed E-state index contributed by atoms with van der Waals surface area (Å²) in [6.07, 6.45) is 26.2. The van der Waals surface area contributed by atoms with Crippen molar-refractivity contribution in [2.24, 2.45) is 0 Å². The molecule has 0 atom stereocenters. The second-order valence-electron chi connectivity index (χ2n) is 13.0. The Morgan fingerprint density at radius 2 is 0.940 bits per heavy atom. The molecule has 0 fully saturated rings. The third-order valence-electron chi connectivity index (χ3n) is 7.18. The first-order valence-electron chi connectivity index (χ1n) is 20.0. The van der Waals surface area contributed by atoms with Crippen molar-refractivity contribution >= 4 is 7.54 Å². The van der Waals surface area contributed by atoms with E-state index in [2.05, 4.69) is 55.0 Å². The van der Waals surface area contributed by atoms with Gasteiger partial charge in [-0.05, 0) is 60.3 Å². The number of unbranched alkanes of at least 4 members (excludes halogenated alkanes) is 14. The Hall–Kier alpha value is -0.605. The molecule has 0 bridgehead atoms. The van der Waals surface area contributed by atoms with Crippen molar-refractivity contribution in [1.29, 1.82) is 0 Å². The minimum atomic E-state index is -3.67. The second-order valence-corrected chi connectivity index (χ2v) is 13.0. The van der Waals surface area contributed by atoms with E-state index in [9.17, 15) is 12.9 Å². The predicted molar refractivity (Wildman–Crippen MR) is 217 cm³/mol. The molecule has 5 nitrogen and oxygen atoms in total.